The van der Waals surface area contributed by atoms with Crippen LogP contribution in [0.2, 0.25) is 0 Å². The Bertz CT molecular complexity index is 1250. The molecule has 10 nitrogen and oxygen atoms in total. The Morgan fingerprint density at radius 1 is 0.974 bits per heavy atom. The Morgan fingerprint density at radius 3 is 2.21 bits per heavy atom. The maximum Gasteiger partial charge on any atom is 0.274 e. The average Bonchev–Trinajstić information content (AvgIpc) is 3.35. The number of aliphatic hydroxyl groups excluding tert-OH is 1. The molecule has 3 atom stereocenters. The maximum absolute atomic E-state index is 13.1. The fraction of sp³-hybridized carbons (Fsp3) is 0.321. The second-order valence-corrected chi connectivity index (χ2v) is 9.18. The molecule has 200 valence electrons. The van der Waals surface area contributed by atoms with Crippen molar-refractivity contribution in [2.24, 2.45) is 0 Å². The number of benzene rings is 2. The Labute approximate surface area is 220 Å². The molecule has 0 aliphatic rings. The molecule has 0 fully saturated rings. The van der Waals surface area contributed by atoms with Crippen molar-refractivity contribution in [1.82, 2.24) is 21.1 Å². The summed E-state index contributed by atoms with van der Waals surface area (Å²) in [5.74, 6) is -1.41. The molecular formula is C28H32N4O6. The molecule has 10 heteroatoms. The number of hydrogen-bond donors (Lipinski definition) is 4. The van der Waals surface area contributed by atoms with E-state index in [-0.39, 0.29) is 18.7 Å². The third-order valence-corrected chi connectivity index (χ3v) is 5.97. The van der Waals surface area contributed by atoms with Crippen molar-refractivity contribution in [3.63, 3.8) is 0 Å². The van der Waals surface area contributed by atoms with E-state index in [1.807, 2.05) is 31.2 Å². The van der Waals surface area contributed by atoms with Crippen LogP contribution in [0.3, 0.4) is 0 Å². The SMILES string of the molecule is Cc1ccc(CNC(=O)[C@H](CCc2ccc(C=O)cc2)NC(=O)[C@@H](NC(=O)c2cc(C)on2)[C@@H](C)O)cc1. The fourth-order valence-electron chi connectivity index (χ4n) is 3.72. The molecule has 0 radical (unpaired) electrons. The molecule has 0 saturated carbocycles. The van der Waals surface area contributed by atoms with Crippen molar-refractivity contribution in [3.05, 3.63) is 88.3 Å². The lowest BCUT2D eigenvalue weighted by Crippen LogP contribution is -2.57. The van der Waals surface area contributed by atoms with Gasteiger partial charge in [0.05, 0.1) is 6.10 Å². The van der Waals surface area contributed by atoms with Crippen molar-refractivity contribution < 1.29 is 28.8 Å². The predicted molar refractivity (Wildman–Crippen MR) is 139 cm³/mol. The van der Waals surface area contributed by atoms with E-state index in [0.717, 1.165) is 23.0 Å². The molecule has 0 aliphatic heterocycles. The van der Waals surface area contributed by atoms with E-state index in [4.69, 9.17) is 4.52 Å². The molecule has 4 N–H and O–H groups in total. The number of carbonyl (C=O) groups excluding carboxylic acids is 4. The second kappa shape index (κ2) is 13.3. The van der Waals surface area contributed by atoms with Crippen molar-refractivity contribution in [2.75, 3.05) is 0 Å². The number of aldehydes is 1. The molecule has 0 unspecified atom stereocenters. The summed E-state index contributed by atoms with van der Waals surface area (Å²) in [6.45, 7) is 5.22. The standard InChI is InChI=1S/C28H32N4O6/c1-17-4-6-21(7-5-17)15-29-26(35)23(13-12-20-8-10-22(16-33)11-9-20)30-28(37)25(19(3)34)31-27(36)24-14-18(2)38-32-24/h4-11,14,16,19,23,25,34H,12-13,15H2,1-3H3,(H,29,35)(H,30,37)(H,31,36)/t19-,23+,25+/m1/s1. The lowest BCUT2D eigenvalue weighted by atomic mass is 10.0. The fourth-order valence-corrected chi connectivity index (χ4v) is 3.72. The third kappa shape index (κ3) is 8.10. The maximum atomic E-state index is 13.1. The van der Waals surface area contributed by atoms with Crippen molar-refractivity contribution in [2.45, 2.75) is 58.3 Å². The smallest absolute Gasteiger partial charge is 0.274 e. The van der Waals surface area contributed by atoms with Gasteiger partial charge in [-0.15, -0.1) is 0 Å². The van der Waals surface area contributed by atoms with E-state index < -0.39 is 35.9 Å². The van der Waals surface area contributed by atoms with Crippen LogP contribution in [0.25, 0.3) is 0 Å². The number of aromatic nitrogens is 1. The predicted octanol–water partition coefficient (Wildman–Crippen LogP) is 2.02. The highest BCUT2D eigenvalue weighted by atomic mass is 16.5. The Morgan fingerprint density at radius 2 is 1.63 bits per heavy atom. The van der Waals surface area contributed by atoms with Crippen LogP contribution in [0.4, 0.5) is 0 Å². The molecule has 1 heterocycles. The Balaban J connectivity index is 1.71. The van der Waals surface area contributed by atoms with Crippen LogP contribution in [-0.2, 0) is 22.6 Å². The Hall–Kier alpha value is -4.31. The minimum absolute atomic E-state index is 0.0351. The summed E-state index contributed by atoms with van der Waals surface area (Å²) in [6.07, 6.45) is 0.177. The zero-order chi connectivity index (χ0) is 27.7. The minimum Gasteiger partial charge on any atom is -0.391 e. The van der Waals surface area contributed by atoms with Gasteiger partial charge < -0.3 is 25.6 Å². The molecule has 0 aliphatic carbocycles. The number of nitrogens with zero attached hydrogens (tertiary/aromatic N) is 1. The number of rotatable bonds is 12. The first-order valence-corrected chi connectivity index (χ1v) is 12.3. The van der Waals surface area contributed by atoms with Gasteiger partial charge >= 0.3 is 0 Å². The van der Waals surface area contributed by atoms with Gasteiger partial charge in [0, 0.05) is 18.2 Å². The number of hydrogen-bond acceptors (Lipinski definition) is 7. The lowest BCUT2D eigenvalue weighted by molar-refractivity contribution is -0.131. The van der Waals surface area contributed by atoms with Crippen LogP contribution in [0.1, 0.15) is 56.6 Å². The van der Waals surface area contributed by atoms with Gasteiger partial charge in [-0.05, 0) is 44.7 Å². The average molecular weight is 521 g/mol. The molecule has 2 aromatic carbocycles. The number of amides is 3. The van der Waals surface area contributed by atoms with E-state index in [2.05, 4.69) is 21.1 Å². The second-order valence-electron chi connectivity index (χ2n) is 9.18. The van der Waals surface area contributed by atoms with Crippen LogP contribution < -0.4 is 16.0 Å². The zero-order valence-corrected chi connectivity index (χ0v) is 21.6. The van der Waals surface area contributed by atoms with E-state index in [1.165, 1.54) is 13.0 Å². The number of nitrogens with one attached hydrogen (secondary N) is 3. The summed E-state index contributed by atoms with van der Waals surface area (Å²) >= 11 is 0. The summed E-state index contributed by atoms with van der Waals surface area (Å²) in [7, 11) is 0. The van der Waals surface area contributed by atoms with Crippen LogP contribution in [0.15, 0.2) is 59.1 Å². The summed E-state index contributed by atoms with van der Waals surface area (Å²) in [4.78, 5) is 49.7. The first-order chi connectivity index (χ1) is 18.2. The molecule has 1 aromatic heterocycles. The van der Waals surface area contributed by atoms with Gasteiger partial charge in [-0.25, -0.2) is 0 Å². The first-order valence-electron chi connectivity index (χ1n) is 12.3. The molecule has 3 amide bonds. The van der Waals surface area contributed by atoms with Crippen LogP contribution in [0, 0.1) is 13.8 Å². The first kappa shape index (κ1) is 28.3. The van der Waals surface area contributed by atoms with Crippen LogP contribution in [-0.4, -0.2) is 52.5 Å². The summed E-state index contributed by atoms with van der Waals surface area (Å²) in [5, 5.41) is 21.8. The van der Waals surface area contributed by atoms with Gasteiger partial charge in [-0.2, -0.15) is 0 Å². The van der Waals surface area contributed by atoms with Crippen LogP contribution in [0.5, 0.6) is 0 Å². The normalized spacial score (nSPS) is 13.2. The van der Waals surface area contributed by atoms with E-state index in [1.54, 1.807) is 31.2 Å². The lowest BCUT2D eigenvalue weighted by Gasteiger charge is -2.24. The minimum atomic E-state index is -1.33. The molecular weight excluding hydrogens is 488 g/mol. The molecule has 3 aromatic rings. The topological polar surface area (TPSA) is 151 Å². The van der Waals surface area contributed by atoms with E-state index in [0.29, 0.717) is 17.7 Å². The highest BCUT2D eigenvalue weighted by molar-refractivity contribution is 5.97. The zero-order valence-electron chi connectivity index (χ0n) is 21.6. The number of carbonyl (C=O) groups is 4. The van der Waals surface area contributed by atoms with Crippen molar-refractivity contribution >= 4 is 24.0 Å². The molecule has 0 bridgehead atoms. The van der Waals surface area contributed by atoms with Crippen LogP contribution >= 0.6 is 0 Å². The molecule has 0 saturated heterocycles. The van der Waals surface area contributed by atoms with E-state index in [9.17, 15) is 24.3 Å². The highest BCUT2D eigenvalue weighted by Gasteiger charge is 2.30. The number of aliphatic hydroxyl groups is 1. The summed E-state index contributed by atoms with van der Waals surface area (Å²) in [5.41, 5.74) is 3.37. The largest absolute Gasteiger partial charge is 0.391 e. The molecule has 38 heavy (non-hydrogen) atoms. The molecule has 3 rings (SSSR count). The number of aryl methyl sites for hydroxylation is 3. The van der Waals surface area contributed by atoms with Gasteiger partial charge in [0.15, 0.2) is 5.69 Å². The molecule has 0 spiro atoms. The summed E-state index contributed by atoms with van der Waals surface area (Å²) in [6, 6.07) is 13.7. The van der Waals surface area contributed by atoms with E-state index >= 15 is 0 Å². The van der Waals surface area contributed by atoms with Crippen molar-refractivity contribution in [1.29, 1.82) is 0 Å². The monoisotopic (exact) mass is 520 g/mol. The summed E-state index contributed by atoms with van der Waals surface area (Å²) < 4.78 is 4.90. The van der Waals surface area contributed by atoms with Gasteiger partial charge in [0.2, 0.25) is 11.8 Å². The Kier molecular flexibility index (Phi) is 9.89. The third-order valence-electron chi connectivity index (χ3n) is 5.97. The van der Waals surface area contributed by atoms with Crippen molar-refractivity contribution in [3.8, 4) is 0 Å². The van der Waals surface area contributed by atoms with Gasteiger partial charge in [0.25, 0.3) is 5.91 Å². The van der Waals surface area contributed by atoms with Gasteiger partial charge in [-0.1, -0.05) is 59.3 Å². The highest BCUT2D eigenvalue weighted by Crippen LogP contribution is 2.10. The van der Waals surface area contributed by atoms with Gasteiger partial charge in [0.1, 0.15) is 24.1 Å². The quantitative estimate of drug-likeness (QED) is 0.267. The van der Waals surface area contributed by atoms with Gasteiger partial charge in [-0.3, -0.25) is 19.2 Å².